The number of carbonyl (C=O) groups is 1. The molecule has 1 saturated heterocycles. The second-order valence-corrected chi connectivity index (χ2v) is 15.1. The van der Waals surface area contributed by atoms with Gasteiger partial charge in [-0.3, -0.25) is 4.79 Å². The highest BCUT2D eigenvalue weighted by Crippen LogP contribution is 2.22. The first kappa shape index (κ1) is 54.9. The molecule has 0 aromatic rings. The summed E-state index contributed by atoms with van der Waals surface area (Å²) in [5, 5.41) is 40.1. The molecule has 1 fully saturated rings. The molecule has 0 amide bonds. The Hall–Kier alpha value is -3.15. The van der Waals surface area contributed by atoms with Crippen LogP contribution in [-0.2, 0) is 23.7 Å². The van der Waals surface area contributed by atoms with Crippen LogP contribution in [0.25, 0.3) is 0 Å². The first-order valence-corrected chi connectivity index (χ1v) is 23.0. The number of carbonyl (C=O) groups excluding carboxylic acids is 1. The fourth-order valence-corrected chi connectivity index (χ4v) is 6.19. The maximum atomic E-state index is 12.8. The number of allylic oxidation sites excluding steroid dienone is 17. The van der Waals surface area contributed by atoms with Gasteiger partial charge in [-0.05, 0) is 83.5 Å². The smallest absolute Gasteiger partial charge is 0.306 e. The molecule has 0 bridgehead atoms. The van der Waals surface area contributed by atoms with Crippen molar-refractivity contribution < 1.29 is 44.2 Å². The topological polar surface area (TPSA) is 135 Å². The van der Waals surface area contributed by atoms with Crippen molar-refractivity contribution in [2.75, 3.05) is 26.4 Å². The minimum absolute atomic E-state index is 0.0795. The molecule has 0 aromatic carbocycles. The van der Waals surface area contributed by atoms with Gasteiger partial charge < -0.3 is 39.4 Å². The van der Waals surface area contributed by atoms with Gasteiger partial charge >= 0.3 is 5.97 Å². The van der Waals surface area contributed by atoms with Crippen molar-refractivity contribution in [1.82, 2.24) is 0 Å². The Morgan fingerprint density at radius 2 is 0.967 bits per heavy atom. The number of aliphatic hydroxyl groups excluding tert-OH is 4. The lowest BCUT2D eigenvalue weighted by Crippen LogP contribution is -2.59. The molecular weight excluding hydrogens is 757 g/mol. The van der Waals surface area contributed by atoms with Crippen LogP contribution in [0.15, 0.2) is 109 Å². The van der Waals surface area contributed by atoms with Crippen molar-refractivity contribution in [2.24, 2.45) is 0 Å². The Morgan fingerprint density at radius 3 is 1.45 bits per heavy atom. The van der Waals surface area contributed by atoms with Crippen LogP contribution >= 0.6 is 0 Å². The highest BCUT2D eigenvalue weighted by atomic mass is 16.7. The molecule has 1 aliphatic rings. The van der Waals surface area contributed by atoms with Crippen molar-refractivity contribution in [2.45, 2.75) is 179 Å². The lowest BCUT2D eigenvalue weighted by Gasteiger charge is -2.39. The van der Waals surface area contributed by atoms with Gasteiger partial charge in [-0.25, -0.2) is 0 Å². The fraction of sp³-hybridized carbons (Fsp3) is 0.627. The third kappa shape index (κ3) is 31.7. The van der Waals surface area contributed by atoms with Gasteiger partial charge in [0.1, 0.15) is 30.5 Å². The highest BCUT2D eigenvalue weighted by molar-refractivity contribution is 5.69. The number of aliphatic hydroxyl groups is 4. The summed E-state index contributed by atoms with van der Waals surface area (Å²) in [5.41, 5.74) is 0. The van der Waals surface area contributed by atoms with Gasteiger partial charge in [0, 0.05) is 6.42 Å². The summed E-state index contributed by atoms with van der Waals surface area (Å²) in [4.78, 5) is 12.8. The van der Waals surface area contributed by atoms with E-state index in [4.69, 9.17) is 18.9 Å². The normalized spacial score (nSPS) is 21.1. The second kappa shape index (κ2) is 41.2. The Labute approximate surface area is 364 Å². The largest absolute Gasteiger partial charge is 0.457 e. The molecule has 60 heavy (non-hydrogen) atoms. The quantitative estimate of drug-likeness (QED) is 0.0274. The van der Waals surface area contributed by atoms with E-state index < -0.39 is 43.4 Å². The minimum Gasteiger partial charge on any atom is -0.457 e. The zero-order chi connectivity index (χ0) is 43.6. The number of esters is 1. The molecule has 340 valence electrons. The predicted octanol–water partition coefficient (Wildman–Crippen LogP) is 10.6. The van der Waals surface area contributed by atoms with Gasteiger partial charge in [-0.15, -0.1) is 0 Å². The Kier molecular flexibility index (Phi) is 37.7. The average molecular weight is 839 g/mol. The first-order valence-electron chi connectivity index (χ1n) is 23.0. The van der Waals surface area contributed by atoms with Crippen molar-refractivity contribution in [3.05, 3.63) is 109 Å². The zero-order valence-electron chi connectivity index (χ0n) is 37.2. The van der Waals surface area contributed by atoms with E-state index >= 15 is 0 Å². The standard InChI is InChI=1S/C51H82O9/c1-3-5-7-9-11-13-15-17-19-21-22-23-24-25-26-28-30-32-34-36-38-40-47(53)59-45(44-58-51-50(56)49(55)48(54)46(42-52)60-51)43-57-41-39-37-35-33-31-29-27-20-18-16-14-12-10-8-6-4-2/h5-8,11-14,17-20,22-23,29,31,35,37,45-46,48-52,54-56H,3-4,9-10,15-16,21,24-28,30,32-34,36,38-44H2,1-2H3/b7-5-,8-6-,13-11-,14-12-,19-17-,20-18-,23-22-,31-29-,37-35-. The molecule has 6 unspecified atom stereocenters. The van der Waals surface area contributed by atoms with Crippen LogP contribution in [-0.4, -0.2) is 89.6 Å². The molecule has 1 heterocycles. The summed E-state index contributed by atoms with van der Waals surface area (Å²) in [6, 6.07) is 0. The summed E-state index contributed by atoms with van der Waals surface area (Å²) in [6.07, 6.45) is 51.3. The van der Waals surface area contributed by atoms with Crippen LogP contribution in [0.1, 0.15) is 142 Å². The zero-order valence-corrected chi connectivity index (χ0v) is 37.2. The third-order valence-electron chi connectivity index (χ3n) is 9.70. The van der Waals surface area contributed by atoms with Crippen molar-refractivity contribution in [3.63, 3.8) is 0 Å². The highest BCUT2D eigenvalue weighted by Gasteiger charge is 2.44. The lowest BCUT2D eigenvalue weighted by atomic mass is 9.99. The van der Waals surface area contributed by atoms with Crippen LogP contribution in [0.4, 0.5) is 0 Å². The molecule has 1 aliphatic heterocycles. The van der Waals surface area contributed by atoms with Gasteiger partial charge in [0.05, 0.1) is 26.4 Å². The molecule has 0 aliphatic carbocycles. The van der Waals surface area contributed by atoms with Gasteiger partial charge in [0.2, 0.25) is 0 Å². The number of ether oxygens (including phenoxy) is 4. The predicted molar refractivity (Wildman–Crippen MR) is 246 cm³/mol. The molecule has 6 atom stereocenters. The van der Waals surface area contributed by atoms with Crippen LogP contribution in [0.5, 0.6) is 0 Å². The molecule has 9 heteroatoms. The number of unbranched alkanes of at least 4 members (excludes halogenated alkanes) is 8. The number of hydrogen-bond donors (Lipinski definition) is 4. The Balaban J connectivity index is 2.31. The van der Waals surface area contributed by atoms with E-state index in [1.54, 1.807) is 0 Å². The van der Waals surface area contributed by atoms with E-state index in [-0.39, 0.29) is 25.6 Å². The Bertz CT molecular complexity index is 1270. The first-order chi connectivity index (χ1) is 29.4. The van der Waals surface area contributed by atoms with E-state index in [1.807, 2.05) is 0 Å². The van der Waals surface area contributed by atoms with Crippen molar-refractivity contribution >= 4 is 5.97 Å². The van der Waals surface area contributed by atoms with E-state index in [9.17, 15) is 25.2 Å². The lowest BCUT2D eigenvalue weighted by molar-refractivity contribution is -0.305. The maximum absolute atomic E-state index is 12.8. The van der Waals surface area contributed by atoms with Crippen LogP contribution in [0.3, 0.4) is 0 Å². The van der Waals surface area contributed by atoms with Gasteiger partial charge in [-0.2, -0.15) is 0 Å². The van der Waals surface area contributed by atoms with Crippen molar-refractivity contribution in [1.29, 1.82) is 0 Å². The van der Waals surface area contributed by atoms with Crippen molar-refractivity contribution in [3.8, 4) is 0 Å². The summed E-state index contributed by atoms with van der Waals surface area (Å²) >= 11 is 0. The second-order valence-electron chi connectivity index (χ2n) is 15.1. The van der Waals surface area contributed by atoms with Gasteiger partial charge in [-0.1, -0.05) is 162 Å². The molecule has 9 nitrogen and oxygen atoms in total. The molecule has 0 aromatic heterocycles. The van der Waals surface area contributed by atoms with Crippen LogP contribution in [0.2, 0.25) is 0 Å². The minimum atomic E-state index is -1.56. The molecule has 4 N–H and O–H groups in total. The monoisotopic (exact) mass is 839 g/mol. The average Bonchev–Trinajstić information content (AvgIpc) is 3.25. The number of rotatable bonds is 37. The van der Waals surface area contributed by atoms with E-state index in [2.05, 4.69) is 123 Å². The molecular formula is C51H82O9. The third-order valence-corrected chi connectivity index (χ3v) is 9.70. The fourth-order valence-electron chi connectivity index (χ4n) is 6.19. The molecule has 0 saturated carbocycles. The summed E-state index contributed by atoms with van der Waals surface area (Å²) in [5.74, 6) is -0.352. The van der Waals surface area contributed by atoms with Crippen LogP contribution < -0.4 is 0 Å². The van der Waals surface area contributed by atoms with E-state index in [0.717, 1.165) is 89.9 Å². The summed E-state index contributed by atoms with van der Waals surface area (Å²) in [7, 11) is 0. The Morgan fingerprint density at radius 1 is 0.533 bits per heavy atom. The maximum Gasteiger partial charge on any atom is 0.306 e. The molecule has 0 spiro atoms. The molecule has 0 radical (unpaired) electrons. The summed E-state index contributed by atoms with van der Waals surface area (Å²) in [6.45, 7) is 4.07. The summed E-state index contributed by atoms with van der Waals surface area (Å²) < 4.78 is 22.7. The SMILES string of the molecule is CC/C=C\C/C=C\C/C=C\C/C=C\C/C=C\CCOCC(COC1OC(CO)C(O)C(O)C1O)OC(=O)CCCCCCCCCC/C=C\C/C=C\C/C=C\C/C=C\CC. The van der Waals surface area contributed by atoms with Gasteiger partial charge in [0.25, 0.3) is 0 Å². The van der Waals surface area contributed by atoms with E-state index in [1.165, 1.54) is 25.7 Å². The van der Waals surface area contributed by atoms with E-state index in [0.29, 0.717) is 13.0 Å². The molecule has 1 rings (SSSR count). The van der Waals surface area contributed by atoms with Gasteiger partial charge in [0.15, 0.2) is 6.29 Å². The van der Waals surface area contributed by atoms with Crippen LogP contribution in [0, 0.1) is 0 Å². The number of hydrogen-bond acceptors (Lipinski definition) is 9.